The van der Waals surface area contributed by atoms with Crippen molar-refractivity contribution in [1.82, 2.24) is 10.2 Å². The number of carboxylic acid groups (broad SMARTS) is 1. The van der Waals surface area contributed by atoms with Gasteiger partial charge >= 0.3 is 5.97 Å². The van der Waals surface area contributed by atoms with Crippen LogP contribution in [0, 0.1) is 0 Å². The second-order valence-corrected chi connectivity index (χ2v) is 8.85. The Morgan fingerprint density at radius 1 is 1.45 bits per heavy atom. The number of aromatic nitrogens is 2. The number of rotatable bonds is 8. The van der Waals surface area contributed by atoms with Crippen molar-refractivity contribution in [3.05, 3.63) is 17.5 Å². The van der Waals surface area contributed by atoms with Gasteiger partial charge in [-0.3, -0.25) is 0 Å². The highest BCUT2D eigenvalue weighted by atomic mass is 32.2. The number of carboxylic acids is 1. The van der Waals surface area contributed by atoms with Gasteiger partial charge in [-0.25, -0.2) is 13.2 Å². The number of aliphatic carboxylic acids is 1. The van der Waals surface area contributed by atoms with Gasteiger partial charge in [-0.2, -0.15) is 0 Å². The van der Waals surface area contributed by atoms with E-state index in [2.05, 4.69) is 15.5 Å². The Balaban J connectivity index is 2.04. The lowest BCUT2D eigenvalue weighted by Crippen LogP contribution is -2.31. The highest BCUT2D eigenvalue weighted by molar-refractivity contribution is 7.91. The normalized spacial score (nSPS) is 13.0. The van der Waals surface area contributed by atoms with Crippen LogP contribution in [0.15, 0.2) is 17.5 Å². The number of anilines is 1. The average Bonchev–Trinajstić information content (AvgIpc) is 3.13. The molecule has 1 unspecified atom stereocenters. The monoisotopic (exact) mass is 361 g/mol. The summed E-state index contributed by atoms with van der Waals surface area (Å²) >= 11 is 2.76. The minimum absolute atomic E-state index is 0.000667. The van der Waals surface area contributed by atoms with Crippen molar-refractivity contribution in [2.24, 2.45) is 0 Å². The summed E-state index contributed by atoms with van der Waals surface area (Å²) in [7, 11) is -3.20. The van der Waals surface area contributed by atoms with E-state index < -0.39 is 21.8 Å². The molecule has 0 spiro atoms. The van der Waals surface area contributed by atoms with Gasteiger partial charge in [0.1, 0.15) is 15.9 Å². The Labute approximate surface area is 135 Å². The quantitative estimate of drug-likeness (QED) is 0.739. The summed E-state index contributed by atoms with van der Waals surface area (Å²) in [5.41, 5.74) is 0. The second-order valence-electron chi connectivity index (χ2n) is 4.45. The number of carbonyl (C=O) groups is 1. The van der Waals surface area contributed by atoms with Gasteiger partial charge in [0.15, 0.2) is 5.01 Å². The van der Waals surface area contributed by atoms with Crippen LogP contribution in [0.2, 0.25) is 0 Å². The number of hydrogen-bond acceptors (Lipinski definition) is 8. The number of hydrogen-bond donors (Lipinski definition) is 2. The summed E-state index contributed by atoms with van der Waals surface area (Å²) in [6, 6.07) is 2.78. The van der Waals surface area contributed by atoms with Gasteiger partial charge in [0.2, 0.25) is 5.13 Å². The lowest BCUT2D eigenvalue weighted by molar-refractivity contribution is -0.137. The molecule has 0 bridgehead atoms. The molecule has 2 rings (SSSR count). The molecule has 0 aromatic carbocycles. The maximum Gasteiger partial charge on any atom is 0.326 e. The van der Waals surface area contributed by atoms with Crippen LogP contribution in [-0.2, 0) is 14.6 Å². The highest BCUT2D eigenvalue weighted by Gasteiger charge is 2.22. The fraction of sp³-hybridized carbons (Fsp3) is 0.417. The average molecular weight is 361 g/mol. The first-order chi connectivity index (χ1) is 10.4. The zero-order chi connectivity index (χ0) is 16.2. The number of nitrogens with one attached hydrogen (secondary N) is 1. The summed E-state index contributed by atoms with van der Waals surface area (Å²) in [6.45, 7) is 1.54. The molecule has 0 aliphatic heterocycles. The second kappa shape index (κ2) is 7.16. The van der Waals surface area contributed by atoms with Gasteiger partial charge < -0.3 is 10.4 Å². The smallest absolute Gasteiger partial charge is 0.326 e. The first-order valence-electron chi connectivity index (χ1n) is 6.48. The molecule has 10 heteroatoms. The number of thiophene rings is 1. The topological polar surface area (TPSA) is 109 Å². The lowest BCUT2D eigenvalue weighted by atomic mass is 10.2. The van der Waals surface area contributed by atoms with E-state index in [1.165, 1.54) is 29.6 Å². The third-order valence-corrected chi connectivity index (χ3v) is 6.54. The van der Waals surface area contributed by atoms with E-state index in [4.69, 9.17) is 0 Å². The van der Waals surface area contributed by atoms with Crippen LogP contribution in [0.1, 0.15) is 13.3 Å². The molecule has 0 aliphatic carbocycles. The summed E-state index contributed by atoms with van der Waals surface area (Å²) < 4.78 is 23.0. The van der Waals surface area contributed by atoms with E-state index in [0.29, 0.717) is 10.1 Å². The van der Waals surface area contributed by atoms with E-state index in [9.17, 15) is 18.3 Å². The zero-order valence-corrected chi connectivity index (χ0v) is 14.2. The molecule has 120 valence electrons. The summed E-state index contributed by atoms with van der Waals surface area (Å²) in [4.78, 5) is 12.2. The Kier molecular flexibility index (Phi) is 5.48. The molecule has 2 aromatic rings. The molecule has 0 fully saturated rings. The third-order valence-electron chi connectivity index (χ3n) is 2.91. The molecule has 0 amide bonds. The minimum Gasteiger partial charge on any atom is -0.480 e. The highest BCUT2D eigenvalue weighted by Crippen LogP contribution is 2.30. The van der Waals surface area contributed by atoms with Crippen molar-refractivity contribution >= 4 is 43.6 Å². The van der Waals surface area contributed by atoms with E-state index >= 15 is 0 Å². The SMILES string of the molecule is CCS(=O)(=O)CCC(Nc1nnc(-c2cccs2)s1)C(=O)O. The van der Waals surface area contributed by atoms with E-state index in [1.54, 1.807) is 0 Å². The van der Waals surface area contributed by atoms with Gasteiger partial charge in [-0.1, -0.05) is 24.3 Å². The Hall–Kier alpha value is -1.52. The van der Waals surface area contributed by atoms with Crippen molar-refractivity contribution in [3.63, 3.8) is 0 Å². The predicted molar refractivity (Wildman–Crippen MR) is 87.2 cm³/mol. The van der Waals surface area contributed by atoms with E-state index in [-0.39, 0.29) is 17.9 Å². The van der Waals surface area contributed by atoms with Crippen molar-refractivity contribution < 1.29 is 18.3 Å². The van der Waals surface area contributed by atoms with Gasteiger partial charge in [0, 0.05) is 5.75 Å². The number of nitrogens with zero attached hydrogens (tertiary/aromatic N) is 2. The van der Waals surface area contributed by atoms with Gasteiger partial charge in [-0.15, -0.1) is 21.5 Å². The molecule has 0 saturated heterocycles. The molecule has 2 N–H and O–H groups in total. The minimum atomic E-state index is -3.20. The van der Waals surface area contributed by atoms with Crippen LogP contribution in [0.25, 0.3) is 9.88 Å². The summed E-state index contributed by atoms with van der Waals surface area (Å²) in [6.07, 6.45) is -0.0145. The van der Waals surface area contributed by atoms with Crippen molar-refractivity contribution in [1.29, 1.82) is 0 Å². The fourth-order valence-electron chi connectivity index (χ4n) is 1.63. The van der Waals surface area contributed by atoms with Gasteiger partial charge in [0.05, 0.1) is 10.6 Å². The van der Waals surface area contributed by atoms with Crippen LogP contribution in [0.3, 0.4) is 0 Å². The van der Waals surface area contributed by atoms with Crippen LogP contribution < -0.4 is 5.32 Å². The molecular formula is C12H15N3O4S3. The molecule has 0 radical (unpaired) electrons. The molecule has 7 nitrogen and oxygen atoms in total. The Morgan fingerprint density at radius 2 is 2.23 bits per heavy atom. The Morgan fingerprint density at radius 3 is 2.82 bits per heavy atom. The molecule has 22 heavy (non-hydrogen) atoms. The van der Waals surface area contributed by atoms with Crippen LogP contribution in [0.4, 0.5) is 5.13 Å². The molecule has 1 atom stereocenters. The van der Waals surface area contributed by atoms with Crippen LogP contribution in [0.5, 0.6) is 0 Å². The van der Waals surface area contributed by atoms with E-state index in [1.807, 2.05) is 17.5 Å². The van der Waals surface area contributed by atoms with Crippen molar-refractivity contribution in [2.45, 2.75) is 19.4 Å². The first-order valence-corrected chi connectivity index (χ1v) is 10.00. The predicted octanol–water partition coefficient (Wildman–Crippen LogP) is 1.96. The van der Waals surface area contributed by atoms with E-state index in [0.717, 1.165) is 4.88 Å². The van der Waals surface area contributed by atoms with Crippen molar-refractivity contribution in [3.8, 4) is 9.88 Å². The van der Waals surface area contributed by atoms with Crippen LogP contribution >= 0.6 is 22.7 Å². The summed E-state index contributed by atoms with van der Waals surface area (Å²) in [5, 5.41) is 22.8. The zero-order valence-electron chi connectivity index (χ0n) is 11.7. The van der Waals surface area contributed by atoms with Gasteiger partial charge in [-0.05, 0) is 17.9 Å². The molecule has 2 heterocycles. The van der Waals surface area contributed by atoms with Gasteiger partial charge in [0.25, 0.3) is 0 Å². The van der Waals surface area contributed by atoms with Crippen LogP contribution in [-0.4, -0.2) is 47.2 Å². The lowest BCUT2D eigenvalue weighted by Gasteiger charge is -2.12. The summed E-state index contributed by atoms with van der Waals surface area (Å²) in [5.74, 6) is -1.29. The fourth-order valence-corrected chi connectivity index (χ4v) is 4.10. The maximum absolute atomic E-state index is 11.5. The first kappa shape index (κ1) is 16.8. The molecule has 0 aliphatic rings. The number of sulfone groups is 1. The standard InChI is InChI=1S/C12H15N3O4S3/c1-2-22(18,19)7-5-8(11(16)17)13-12-15-14-10(21-12)9-4-3-6-20-9/h3-4,6,8H,2,5,7H2,1H3,(H,13,15)(H,16,17). The van der Waals surface area contributed by atoms with Crippen molar-refractivity contribution in [2.75, 3.05) is 16.8 Å². The molecular weight excluding hydrogens is 346 g/mol. The largest absolute Gasteiger partial charge is 0.480 e. The maximum atomic E-state index is 11.5. The molecule has 2 aromatic heterocycles. The Bertz CT molecular complexity index is 725. The molecule has 0 saturated carbocycles. The third kappa shape index (κ3) is 4.49.